The van der Waals surface area contributed by atoms with Crippen LogP contribution < -0.4 is 15.4 Å². The van der Waals surface area contributed by atoms with Gasteiger partial charge in [0.15, 0.2) is 0 Å². The molecule has 4 heteroatoms. The Labute approximate surface area is 88.9 Å². The maximum absolute atomic E-state index is 8.94. The molecule has 0 saturated heterocycles. The first-order valence-corrected chi connectivity index (χ1v) is 4.82. The summed E-state index contributed by atoms with van der Waals surface area (Å²) in [5, 5.41) is 8.94. The van der Waals surface area contributed by atoms with Crippen LogP contribution in [0.3, 0.4) is 0 Å². The fourth-order valence-corrected chi connectivity index (χ4v) is 1.71. The van der Waals surface area contributed by atoms with Crippen LogP contribution in [0.4, 0.5) is 11.4 Å². The van der Waals surface area contributed by atoms with Gasteiger partial charge in [0.2, 0.25) is 6.10 Å². The zero-order valence-electron chi connectivity index (χ0n) is 8.77. The van der Waals surface area contributed by atoms with Crippen LogP contribution >= 0.6 is 0 Å². The van der Waals surface area contributed by atoms with E-state index in [0.29, 0.717) is 11.4 Å². The van der Waals surface area contributed by atoms with Crippen molar-refractivity contribution < 1.29 is 4.74 Å². The highest BCUT2D eigenvalue weighted by atomic mass is 16.5. The van der Waals surface area contributed by atoms with Gasteiger partial charge >= 0.3 is 0 Å². The van der Waals surface area contributed by atoms with E-state index >= 15 is 0 Å². The molecule has 4 nitrogen and oxygen atoms in total. The first-order chi connectivity index (χ1) is 7.13. The lowest BCUT2D eigenvalue weighted by atomic mass is 10.1. The summed E-state index contributed by atoms with van der Waals surface area (Å²) in [6.07, 6.45) is -0.440. The number of fused-ring (bicyclic) bond motifs is 1. The van der Waals surface area contributed by atoms with Gasteiger partial charge in [0.05, 0.1) is 11.7 Å². The lowest BCUT2D eigenvalue weighted by molar-refractivity contribution is 0.212. The molecule has 0 aromatic heterocycles. The van der Waals surface area contributed by atoms with Crippen molar-refractivity contribution in [2.24, 2.45) is 0 Å². The monoisotopic (exact) mass is 203 g/mol. The Hall–Kier alpha value is -1.89. The first-order valence-electron chi connectivity index (χ1n) is 4.82. The van der Waals surface area contributed by atoms with Crippen molar-refractivity contribution in [3.05, 3.63) is 18.2 Å². The molecule has 1 aromatic rings. The number of anilines is 2. The highest BCUT2D eigenvalue weighted by Gasteiger charge is 2.30. The van der Waals surface area contributed by atoms with Crippen molar-refractivity contribution in [2.75, 3.05) is 17.7 Å². The Morgan fingerprint density at radius 3 is 2.93 bits per heavy atom. The van der Waals surface area contributed by atoms with Crippen LogP contribution in [0.5, 0.6) is 5.75 Å². The zero-order chi connectivity index (χ0) is 11.0. The van der Waals surface area contributed by atoms with Gasteiger partial charge in [-0.05, 0) is 19.1 Å². The third-order valence-electron chi connectivity index (χ3n) is 2.79. The van der Waals surface area contributed by atoms with Crippen LogP contribution in [-0.4, -0.2) is 19.2 Å². The molecule has 1 aliphatic rings. The smallest absolute Gasteiger partial charge is 0.204 e. The molecule has 1 aliphatic heterocycles. The minimum absolute atomic E-state index is 0.0473. The van der Waals surface area contributed by atoms with Gasteiger partial charge in [-0.25, -0.2) is 0 Å². The minimum atomic E-state index is -0.440. The maximum atomic E-state index is 8.94. The van der Waals surface area contributed by atoms with Crippen LogP contribution in [0, 0.1) is 11.3 Å². The summed E-state index contributed by atoms with van der Waals surface area (Å²) < 4.78 is 5.56. The van der Waals surface area contributed by atoms with E-state index in [1.54, 1.807) is 6.07 Å². The number of nitriles is 1. The summed E-state index contributed by atoms with van der Waals surface area (Å²) in [5.74, 6) is 0.683. The molecule has 1 aromatic carbocycles. The standard InChI is InChI=1S/C11H13N3O/c1-7-11(6-12)15-10-5-8(13)3-4-9(10)14(7)2/h3-5,7,11H,13H2,1-2H3. The molecule has 2 rings (SSSR count). The molecule has 2 N–H and O–H groups in total. The molecule has 0 radical (unpaired) electrons. The van der Waals surface area contributed by atoms with E-state index in [1.807, 2.05) is 31.0 Å². The summed E-state index contributed by atoms with van der Waals surface area (Å²) >= 11 is 0. The molecule has 78 valence electrons. The van der Waals surface area contributed by atoms with E-state index in [9.17, 15) is 0 Å². The average Bonchev–Trinajstić information content (AvgIpc) is 2.23. The van der Waals surface area contributed by atoms with E-state index in [4.69, 9.17) is 15.7 Å². The van der Waals surface area contributed by atoms with Crippen molar-refractivity contribution in [3.8, 4) is 11.8 Å². The van der Waals surface area contributed by atoms with Crippen LogP contribution in [0.1, 0.15) is 6.92 Å². The van der Waals surface area contributed by atoms with Gasteiger partial charge in [-0.15, -0.1) is 0 Å². The molecule has 2 unspecified atom stereocenters. The van der Waals surface area contributed by atoms with Gasteiger partial charge in [0, 0.05) is 18.8 Å². The van der Waals surface area contributed by atoms with Gasteiger partial charge in [-0.1, -0.05) is 0 Å². The van der Waals surface area contributed by atoms with Gasteiger partial charge in [-0.3, -0.25) is 0 Å². The molecule has 0 aliphatic carbocycles. The molecule has 2 atom stereocenters. The number of ether oxygens (including phenoxy) is 1. The highest BCUT2D eigenvalue weighted by Crippen LogP contribution is 2.36. The number of benzene rings is 1. The number of nitrogens with zero attached hydrogens (tertiary/aromatic N) is 2. The van der Waals surface area contributed by atoms with Crippen LogP contribution in [-0.2, 0) is 0 Å². The number of hydrogen-bond donors (Lipinski definition) is 1. The van der Waals surface area contributed by atoms with Crippen LogP contribution in [0.2, 0.25) is 0 Å². The predicted molar refractivity (Wildman–Crippen MR) is 58.7 cm³/mol. The fraction of sp³-hybridized carbons (Fsp3) is 0.364. The summed E-state index contributed by atoms with van der Waals surface area (Å²) in [6, 6.07) is 7.68. The number of hydrogen-bond acceptors (Lipinski definition) is 4. The Morgan fingerprint density at radius 1 is 1.53 bits per heavy atom. The van der Waals surface area contributed by atoms with E-state index in [2.05, 4.69) is 6.07 Å². The molecule has 0 spiro atoms. The van der Waals surface area contributed by atoms with E-state index in [-0.39, 0.29) is 6.04 Å². The summed E-state index contributed by atoms with van der Waals surface area (Å²) in [6.45, 7) is 1.97. The lowest BCUT2D eigenvalue weighted by Crippen LogP contribution is -2.45. The summed E-state index contributed by atoms with van der Waals surface area (Å²) in [5.41, 5.74) is 7.29. The fourth-order valence-electron chi connectivity index (χ4n) is 1.71. The maximum Gasteiger partial charge on any atom is 0.204 e. The van der Waals surface area contributed by atoms with Gasteiger partial charge in [0.1, 0.15) is 11.8 Å². The van der Waals surface area contributed by atoms with E-state index in [0.717, 1.165) is 5.69 Å². The molecule has 0 saturated carbocycles. The molecular formula is C11H13N3O. The largest absolute Gasteiger partial charge is 0.471 e. The summed E-state index contributed by atoms with van der Waals surface area (Å²) in [4.78, 5) is 2.03. The highest BCUT2D eigenvalue weighted by molar-refractivity contribution is 5.65. The first kappa shape index (κ1) is 9.66. The van der Waals surface area contributed by atoms with Gasteiger partial charge < -0.3 is 15.4 Å². The lowest BCUT2D eigenvalue weighted by Gasteiger charge is -2.36. The molecule has 15 heavy (non-hydrogen) atoms. The van der Waals surface area contributed by atoms with Gasteiger partial charge in [0.25, 0.3) is 0 Å². The average molecular weight is 203 g/mol. The van der Waals surface area contributed by atoms with Crippen molar-refractivity contribution in [3.63, 3.8) is 0 Å². The second-order valence-corrected chi connectivity index (χ2v) is 3.75. The van der Waals surface area contributed by atoms with E-state index in [1.165, 1.54) is 0 Å². The van der Waals surface area contributed by atoms with Crippen molar-refractivity contribution >= 4 is 11.4 Å². The Balaban J connectivity index is 2.46. The third kappa shape index (κ3) is 1.46. The van der Waals surface area contributed by atoms with Crippen molar-refractivity contribution in [1.29, 1.82) is 5.26 Å². The molecule has 0 bridgehead atoms. The number of nitrogens with two attached hydrogens (primary N) is 1. The molecular weight excluding hydrogens is 190 g/mol. The predicted octanol–water partition coefficient (Wildman–Crippen LogP) is 1.38. The Bertz CT molecular complexity index is 424. The Morgan fingerprint density at radius 2 is 2.27 bits per heavy atom. The quantitative estimate of drug-likeness (QED) is 0.647. The van der Waals surface area contributed by atoms with Crippen molar-refractivity contribution in [1.82, 2.24) is 0 Å². The Kier molecular flexibility index (Phi) is 2.16. The number of nitrogen functional groups attached to an aromatic ring is 1. The van der Waals surface area contributed by atoms with Crippen LogP contribution in [0.15, 0.2) is 18.2 Å². The second-order valence-electron chi connectivity index (χ2n) is 3.75. The number of likely N-dealkylation sites (N-methyl/N-ethyl adjacent to an activating group) is 1. The second kappa shape index (κ2) is 3.35. The number of rotatable bonds is 0. The topological polar surface area (TPSA) is 62.3 Å². The molecule has 1 heterocycles. The minimum Gasteiger partial charge on any atom is -0.471 e. The van der Waals surface area contributed by atoms with Crippen LogP contribution in [0.25, 0.3) is 0 Å². The molecule has 0 fully saturated rings. The molecule has 0 amide bonds. The normalized spacial score (nSPS) is 23.9. The summed E-state index contributed by atoms with van der Waals surface area (Å²) in [7, 11) is 1.95. The van der Waals surface area contributed by atoms with E-state index < -0.39 is 6.10 Å². The zero-order valence-corrected chi connectivity index (χ0v) is 8.77. The third-order valence-corrected chi connectivity index (χ3v) is 2.79. The van der Waals surface area contributed by atoms with Gasteiger partial charge in [-0.2, -0.15) is 5.26 Å². The SMILES string of the molecule is CC1C(C#N)Oc2cc(N)ccc2N1C. The van der Waals surface area contributed by atoms with Crippen molar-refractivity contribution in [2.45, 2.75) is 19.1 Å².